The Labute approximate surface area is 112 Å². The van der Waals surface area contributed by atoms with E-state index in [2.05, 4.69) is 40.6 Å². The van der Waals surface area contributed by atoms with Crippen molar-refractivity contribution < 1.29 is 0 Å². The van der Waals surface area contributed by atoms with Crippen LogP contribution in [0.1, 0.15) is 33.1 Å². The van der Waals surface area contributed by atoms with Crippen LogP contribution in [0.15, 0.2) is 17.8 Å². The molecule has 1 saturated carbocycles. The molecule has 3 nitrogen and oxygen atoms in total. The zero-order valence-electron chi connectivity index (χ0n) is 10.9. The Morgan fingerprint density at radius 2 is 2.17 bits per heavy atom. The van der Waals surface area contributed by atoms with Crippen LogP contribution in [0.25, 0.3) is 10.2 Å². The lowest BCUT2D eigenvalue weighted by Gasteiger charge is -2.35. The van der Waals surface area contributed by atoms with Gasteiger partial charge < -0.3 is 5.32 Å². The summed E-state index contributed by atoms with van der Waals surface area (Å²) in [5.74, 6) is 2.52. The third-order valence-electron chi connectivity index (χ3n) is 4.29. The molecule has 1 fully saturated rings. The van der Waals surface area contributed by atoms with Crippen LogP contribution in [-0.4, -0.2) is 16.0 Å². The summed E-state index contributed by atoms with van der Waals surface area (Å²) in [6, 6.07) is 2.66. The summed E-state index contributed by atoms with van der Waals surface area (Å²) in [6.07, 6.45) is 5.59. The zero-order chi connectivity index (χ0) is 12.5. The molecule has 2 aromatic rings. The molecule has 0 aromatic carbocycles. The molecule has 96 valence electrons. The SMILES string of the molecule is CC1CCCC(Nc2ncnc3sccc23)C1C. The van der Waals surface area contributed by atoms with Gasteiger partial charge in [0.1, 0.15) is 17.0 Å². The van der Waals surface area contributed by atoms with Crippen molar-refractivity contribution in [1.29, 1.82) is 0 Å². The Morgan fingerprint density at radius 1 is 1.28 bits per heavy atom. The first kappa shape index (κ1) is 11.9. The van der Waals surface area contributed by atoms with Gasteiger partial charge >= 0.3 is 0 Å². The molecule has 1 N–H and O–H groups in total. The van der Waals surface area contributed by atoms with Gasteiger partial charge in [-0.05, 0) is 29.7 Å². The molecule has 4 heteroatoms. The van der Waals surface area contributed by atoms with Gasteiger partial charge in [-0.1, -0.05) is 26.7 Å². The summed E-state index contributed by atoms with van der Waals surface area (Å²) >= 11 is 1.67. The zero-order valence-corrected chi connectivity index (χ0v) is 11.7. The second kappa shape index (κ2) is 4.84. The van der Waals surface area contributed by atoms with Crippen LogP contribution < -0.4 is 5.32 Å². The van der Waals surface area contributed by atoms with E-state index in [1.165, 1.54) is 19.3 Å². The fraction of sp³-hybridized carbons (Fsp3) is 0.571. The minimum atomic E-state index is 0.548. The standard InChI is InChI=1S/C14H19N3S/c1-9-4-3-5-12(10(9)2)17-13-11-6-7-18-14(11)16-8-15-13/h6-10,12H,3-5H2,1-2H3,(H,15,16,17). The first-order valence-electron chi connectivity index (χ1n) is 6.70. The van der Waals surface area contributed by atoms with Gasteiger partial charge in [-0.15, -0.1) is 11.3 Å². The molecule has 0 spiro atoms. The highest BCUT2D eigenvalue weighted by atomic mass is 32.1. The van der Waals surface area contributed by atoms with E-state index in [9.17, 15) is 0 Å². The molecule has 1 aliphatic carbocycles. The number of fused-ring (bicyclic) bond motifs is 1. The predicted octanol–water partition coefficient (Wildman–Crippen LogP) is 3.93. The lowest BCUT2D eigenvalue weighted by atomic mass is 9.78. The monoisotopic (exact) mass is 261 g/mol. The van der Waals surface area contributed by atoms with Gasteiger partial charge in [0, 0.05) is 6.04 Å². The number of aromatic nitrogens is 2. The van der Waals surface area contributed by atoms with E-state index >= 15 is 0 Å². The normalized spacial score (nSPS) is 28.4. The Bertz CT molecular complexity index is 537. The number of anilines is 1. The molecule has 2 aromatic heterocycles. The van der Waals surface area contributed by atoms with E-state index in [1.54, 1.807) is 17.7 Å². The molecule has 2 heterocycles. The van der Waals surface area contributed by atoms with E-state index in [1.807, 2.05) is 0 Å². The summed E-state index contributed by atoms with van der Waals surface area (Å²) < 4.78 is 0. The minimum absolute atomic E-state index is 0.548. The van der Waals surface area contributed by atoms with Gasteiger partial charge in [0.15, 0.2) is 0 Å². The Morgan fingerprint density at radius 3 is 3.06 bits per heavy atom. The van der Waals surface area contributed by atoms with Crippen molar-refractivity contribution in [1.82, 2.24) is 9.97 Å². The van der Waals surface area contributed by atoms with Gasteiger partial charge in [-0.2, -0.15) is 0 Å². The number of thiophene rings is 1. The van der Waals surface area contributed by atoms with Crippen molar-refractivity contribution in [2.75, 3.05) is 5.32 Å². The van der Waals surface area contributed by atoms with E-state index in [-0.39, 0.29) is 0 Å². The summed E-state index contributed by atoms with van der Waals surface area (Å²) in [5, 5.41) is 6.89. The molecule has 3 rings (SSSR count). The smallest absolute Gasteiger partial charge is 0.138 e. The first-order chi connectivity index (χ1) is 8.75. The Balaban J connectivity index is 1.85. The van der Waals surface area contributed by atoms with E-state index < -0.39 is 0 Å². The van der Waals surface area contributed by atoms with Crippen molar-refractivity contribution in [2.24, 2.45) is 11.8 Å². The Kier molecular flexibility index (Phi) is 3.20. The molecule has 18 heavy (non-hydrogen) atoms. The van der Waals surface area contributed by atoms with Crippen molar-refractivity contribution >= 4 is 27.4 Å². The van der Waals surface area contributed by atoms with Crippen molar-refractivity contribution in [2.45, 2.75) is 39.2 Å². The van der Waals surface area contributed by atoms with Crippen LogP contribution in [0.5, 0.6) is 0 Å². The van der Waals surface area contributed by atoms with Crippen molar-refractivity contribution in [3.63, 3.8) is 0 Å². The van der Waals surface area contributed by atoms with Crippen molar-refractivity contribution in [3.8, 4) is 0 Å². The number of nitrogens with zero attached hydrogens (tertiary/aromatic N) is 2. The highest BCUT2D eigenvalue weighted by Crippen LogP contribution is 2.33. The second-order valence-electron chi connectivity index (χ2n) is 5.38. The molecule has 0 aliphatic heterocycles. The average molecular weight is 261 g/mol. The third kappa shape index (κ3) is 2.09. The second-order valence-corrected chi connectivity index (χ2v) is 6.27. The first-order valence-corrected chi connectivity index (χ1v) is 7.58. The highest BCUT2D eigenvalue weighted by Gasteiger charge is 2.27. The summed E-state index contributed by atoms with van der Waals surface area (Å²) in [5.41, 5.74) is 0. The van der Waals surface area contributed by atoms with E-state index in [0.717, 1.165) is 22.0 Å². The fourth-order valence-corrected chi connectivity index (χ4v) is 3.60. The molecule has 1 aliphatic rings. The molecular formula is C14H19N3S. The van der Waals surface area contributed by atoms with Gasteiger partial charge in [-0.3, -0.25) is 0 Å². The quantitative estimate of drug-likeness (QED) is 0.890. The number of hydrogen-bond donors (Lipinski definition) is 1. The maximum Gasteiger partial charge on any atom is 0.138 e. The average Bonchev–Trinajstić information content (AvgIpc) is 2.84. The molecule has 0 saturated heterocycles. The van der Waals surface area contributed by atoms with Crippen LogP contribution in [0.4, 0.5) is 5.82 Å². The maximum absolute atomic E-state index is 4.42. The molecule has 3 unspecified atom stereocenters. The molecule has 0 bridgehead atoms. The lowest BCUT2D eigenvalue weighted by Crippen LogP contribution is -2.35. The van der Waals surface area contributed by atoms with E-state index in [4.69, 9.17) is 0 Å². The molecule has 3 atom stereocenters. The summed E-state index contributed by atoms with van der Waals surface area (Å²) in [7, 11) is 0. The Hall–Kier alpha value is -1.16. The summed E-state index contributed by atoms with van der Waals surface area (Å²) in [4.78, 5) is 9.79. The van der Waals surface area contributed by atoms with Crippen LogP contribution in [0, 0.1) is 11.8 Å². The summed E-state index contributed by atoms with van der Waals surface area (Å²) in [6.45, 7) is 4.71. The van der Waals surface area contributed by atoms with E-state index in [0.29, 0.717) is 12.0 Å². The van der Waals surface area contributed by atoms with Crippen LogP contribution >= 0.6 is 11.3 Å². The predicted molar refractivity (Wildman–Crippen MR) is 77.0 cm³/mol. The minimum Gasteiger partial charge on any atom is -0.366 e. The van der Waals surface area contributed by atoms with Gasteiger partial charge in [0.2, 0.25) is 0 Å². The number of hydrogen-bond acceptors (Lipinski definition) is 4. The molecule has 0 amide bonds. The highest BCUT2D eigenvalue weighted by molar-refractivity contribution is 7.16. The fourth-order valence-electron chi connectivity index (χ4n) is 2.87. The maximum atomic E-state index is 4.42. The van der Waals surface area contributed by atoms with Crippen LogP contribution in [-0.2, 0) is 0 Å². The topological polar surface area (TPSA) is 37.8 Å². The molecule has 0 radical (unpaired) electrons. The lowest BCUT2D eigenvalue weighted by molar-refractivity contribution is 0.253. The number of rotatable bonds is 2. The van der Waals surface area contributed by atoms with Gasteiger partial charge in [0.05, 0.1) is 5.39 Å². The van der Waals surface area contributed by atoms with Gasteiger partial charge in [0.25, 0.3) is 0 Å². The third-order valence-corrected chi connectivity index (χ3v) is 5.11. The van der Waals surface area contributed by atoms with Crippen molar-refractivity contribution in [3.05, 3.63) is 17.8 Å². The van der Waals surface area contributed by atoms with Crippen LogP contribution in [0.2, 0.25) is 0 Å². The largest absolute Gasteiger partial charge is 0.366 e. The van der Waals surface area contributed by atoms with Crippen LogP contribution in [0.3, 0.4) is 0 Å². The molecular weight excluding hydrogens is 242 g/mol. The number of nitrogens with one attached hydrogen (secondary N) is 1. The van der Waals surface area contributed by atoms with Gasteiger partial charge in [-0.25, -0.2) is 9.97 Å².